The summed E-state index contributed by atoms with van der Waals surface area (Å²) in [5.74, 6) is -2.62. The molecule has 0 bridgehead atoms. The highest BCUT2D eigenvalue weighted by molar-refractivity contribution is 5.96. The summed E-state index contributed by atoms with van der Waals surface area (Å²) in [6.45, 7) is 6.28. The smallest absolute Gasteiger partial charge is 0.417 e. The van der Waals surface area contributed by atoms with Gasteiger partial charge in [0.1, 0.15) is 25.4 Å². The number of nitrogens with zero attached hydrogens (tertiary/aromatic N) is 4. The molecule has 2 aromatic carbocycles. The summed E-state index contributed by atoms with van der Waals surface area (Å²) < 4.78 is 11.2. The molecule has 0 saturated heterocycles. The molecule has 0 fully saturated rings. The first-order valence-electron chi connectivity index (χ1n) is 18.5. The fraction of sp³-hybridized carbons (Fsp3) is 0.381. The molecule has 0 radical (unpaired) electrons. The molecule has 56 heavy (non-hydrogen) atoms. The van der Waals surface area contributed by atoms with E-state index in [1.54, 1.807) is 125 Å². The van der Waals surface area contributed by atoms with E-state index < -0.39 is 72.2 Å². The van der Waals surface area contributed by atoms with Crippen LogP contribution in [0, 0.1) is 11.8 Å². The zero-order valence-electron chi connectivity index (χ0n) is 32.1. The van der Waals surface area contributed by atoms with Crippen molar-refractivity contribution >= 4 is 24.0 Å². The summed E-state index contributed by atoms with van der Waals surface area (Å²) in [5, 5.41) is 24.8. The molecule has 0 saturated carbocycles. The van der Waals surface area contributed by atoms with Gasteiger partial charge in [0, 0.05) is 35.9 Å². The van der Waals surface area contributed by atoms with Crippen LogP contribution in [-0.4, -0.2) is 90.4 Å². The molecule has 6 N–H and O–H groups in total. The number of hydrogen-bond donors (Lipinski definition) is 4. The van der Waals surface area contributed by atoms with Crippen LogP contribution in [0.4, 0.5) is 9.59 Å². The van der Waals surface area contributed by atoms with E-state index in [2.05, 4.69) is 9.97 Å². The lowest BCUT2D eigenvalue weighted by Gasteiger charge is -2.41. The van der Waals surface area contributed by atoms with Gasteiger partial charge in [-0.15, -0.1) is 0 Å². The van der Waals surface area contributed by atoms with Crippen molar-refractivity contribution in [1.29, 1.82) is 0 Å². The number of aliphatic hydroxyl groups is 2. The normalized spacial score (nSPS) is 14.5. The van der Waals surface area contributed by atoms with Crippen LogP contribution in [0.25, 0.3) is 0 Å². The molecular formula is C42H52N6O8. The fourth-order valence-electron chi connectivity index (χ4n) is 5.96. The van der Waals surface area contributed by atoms with Gasteiger partial charge in [-0.1, -0.05) is 100 Å². The van der Waals surface area contributed by atoms with Crippen molar-refractivity contribution in [2.45, 2.75) is 90.1 Å². The minimum absolute atomic E-state index is 0.166. The van der Waals surface area contributed by atoms with Crippen molar-refractivity contribution in [2.75, 3.05) is 0 Å². The quantitative estimate of drug-likeness (QED) is 0.120. The van der Waals surface area contributed by atoms with Crippen LogP contribution in [-0.2, 0) is 45.1 Å². The molecule has 298 valence electrons. The number of ether oxygens (including phenoxy) is 2. The summed E-state index contributed by atoms with van der Waals surface area (Å²) in [4.78, 5) is 66.2. The average Bonchev–Trinajstić information content (AvgIpc) is 3.21. The van der Waals surface area contributed by atoms with Crippen molar-refractivity contribution in [3.05, 3.63) is 132 Å². The highest BCUT2D eigenvalue weighted by Crippen LogP contribution is 2.26. The second-order valence-corrected chi connectivity index (χ2v) is 14.3. The largest absolute Gasteiger partial charge is 0.444 e. The molecule has 4 amide bonds. The second kappa shape index (κ2) is 20.9. The van der Waals surface area contributed by atoms with Crippen molar-refractivity contribution in [2.24, 2.45) is 23.3 Å². The molecule has 2 aromatic heterocycles. The molecule has 0 aliphatic rings. The molecule has 0 aliphatic carbocycles. The number of hydrogen-bond acceptors (Lipinski definition) is 12. The summed E-state index contributed by atoms with van der Waals surface area (Å²) in [5.41, 5.74) is 15.0. The number of amides is 4. The zero-order valence-corrected chi connectivity index (χ0v) is 32.1. The molecule has 6 atom stereocenters. The van der Waals surface area contributed by atoms with Crippen LogP contribution < -0.4 is 11.5 Å². The molecule has 0 aliphatic heterocycles. The van der Waals surface area contributed by atoms with Gasteiger partial charge in [0.05, 0.1) is 24.2 Å². The maximum absolute atomic E-state index is 14.2. The van der Waals surface area contributed by atoms with Crippen LogP contribution in [0.2, 0.25) is 0 Å². The van der Waals surface area contributed by atoms with Crippen LogP contribution in [0.5, 0.6) is 0 Å². The van der Waals surface area contributed by atoms with Gasteiger partial charge in [0.2, 0.25) is 11.8 Å². The summed E-state index contributed by atoms with van der Waals surface area (Å²) in [7, 11) is 0. The number of aromatic nitrogens is 2. The maximum Gasteiger partial charge on any atom is 0.417 e. The molecule has 14 nitrogen and oxygen atoms in total. The van der Waals surface area contributed by atoms with Gasteiger partial charge in [-0.3, -0.25) is 19.6 Å². The van der Waals surface area contributed by atoms with Crippen LogP contribution in [0.1, 0.15) is 49.9 Å². The predicted molar refractivity (Wildman–Crippen MR) is 208 cm³/mol. The Bertz CT molecular complexity index is 1700. The number of aliphatic hydroxyl groups excluding tert-OH is 2. The van der Waals surface area contributed by atoms with Crippen molar-refractivity contribution in [3.8, 4) is 0 Å². The predicted octanol–water partition coefficient (Wildman–Crippen LogP) is 4.02. The molecule has 4 aromatic rings. The number of benzene rings is 2. The van der Waals surface area contributed by atoms with E-state index in [9.17, 15) is 29.4 Å². The van der Waals surface area contributed by atoms with E-state index in [4.69, 9.17) is 20.9 Å². The molecule has 14 heteroatoms. The van der Waals surface area contributed by atoms with Crippen molar-refractivity contribution in [3.63, 3.8) is 0 Å². The monoisotopic (exact) mass is 768 g/mol. The standard InChI is InChI=1S/C42H52N6O8/c1-27(2)35(43)39(51)47(41(53)55-25-31-17-11-19-45-23-31)33(21-29-13-7-5-8-14-29)37(49)38(50)34(22-30-15-9-6-10-16-30)48(40(52)36(44)28(3)4)42(54)56-26-32-18-12-20-46-24-32/h5-20,23-24,27-28,33-38,49-50H,21-22,25-26,43-44H2,1-4H3/t33-,34-,35-,36-,37+,38+/m0/s1. The molecule has 2 heterocycles. The minimum Gasteiger partial charge on any atom is -0.444 e. The van der Waals surface area contributed by atoms with Crippen molar-refractivity contribution < 1.29 is 38.9 Å². The molecule has 0 spiro atoms. The van der Waals surface area contributed by atoms with Gasteiger partial charge in [0.15, 0.2) is 0 Å². The van der Waals surface area contributed by atoms with Gasteiger partial charge in [-0.2, -0.15) is 0 Å². The number of rotatable bonds is 17. The highest BCUT2D eigenvalue weighted by Gasteiger charge is 2.47. The Morgan fingerprint density at radius 1 is 0.571 bits per heavy atom. The Morgan fingerprint density at radius 2 is 0.911 bits per heavy atom. The Kier molecular flexibility index (Phi) is 16.2. The minimum atomic E-state index is -1.99. The number of pyridine rings is 2. The summed E-state index contributed by atoms with van der Waals surface area (Å²) in [6.07, 6.45) is -0.480. The van der Waals surface area contributed by atoms with Crippen molar-refractivity contribution in [1.82, 2.24) is 19.8 Å². The lowest BCUT2D eigenvalue weighted by Crippen LogP contribution is -2.64. The van der Waals surface area contributed by atoms with E-state index in [1.165, 1.54) is 12.4 Å². The first kappa shape index (κ1) is 43.2. The van der Waals surface area contributed by atoms with Gasteiger partial charge in [-0.05, 0) is 47.9 Å². The summed E-state index contributed by atoms with van der Waals surface area (Å²) >= 11 is 0. The van der Waals surface area contributed by atoms with Gasteiger partial charge >= 0.3 is 12.2 Å². The fourth-order valence-corrected chi connectivity index (χ4v) is 5.96. The SMILES string of the molecule is CC(C)[C@H](N)C(=O)N(C(=O)OCc1cccnc1)[C@@H](Cc1ccccc1)[C@@H](O)[C@H](O)[C@H](Cc1ccccc1)N(C(=O)OCc1cccnc1)C(=O)[C@@H](N)C(C)C. The van der Waals surface area contributed by atoms with E-state index >= 15 is 0 Å². The Labute approximate surface area is 327 Å². The number of carbonyl (C=O) groups excluding carboxylic acids is 4. The van der Waals surface area contributed by atoms with E-state index in [0.717, 1.165) is 9.80 Å². The third-order valence-corrected chi connectivity index (χ3v) is 9.42. The Balaban J connectivity index is 1.84. The Morgan fingerprint density at radius 3 is 1.21 bits per heavy atom. The first-order chi connectivity index (χ1) is 26.8. The molecule has 4 rings (SSSR count). The molecular weight excluding hydrogens is 716 g/mol. The summed E-state index contributed by atoms with van der Waals surface area (Å²) in [6, 6.07) is 18.6. The number of carbonyl (C=O) groups is 4. The number of nitrogens with two attached hydrogens (primary N) is 2. The first-order valence-corrected chi connectivity index (χ1v) is 18.5. The maximum atomic E-state index is 14.2. The second-order valence-electron chi connectivity index (χ2n) is 14.3. The van der Waals surface area contributed by atoms with Gasteiger partial charge < -0.3 is 31.2 Å². The van der Waals surface area contributed by atoms with Gasteiger partial charge in [0.25, 0.3) is 0 Å². The third-order valence-electron chi connectivity index (χ3n) is 9.42. The van der Waals surface area contributed by atoms with Gasteiger partial charge in [-0.25, -0.2) is 19.4 Å². The van der Waals surface area contributed by atoms with Crippen LogP contribution in [0.15, 0.2) is 110 Å². The lowest BCUT2D eigenvalue weighted by atomic mass is 9.88. The van der Waals surface area contributed by atoms with E-state index in [0.29, 0.717) is 22.3 Å². The third kappa shape index (κ3) is 11.7. The lowest BCUT2D eigenvalue weighted by molar-refractivity contribution is -0.145. The van der Waals surface area contributed by atoms with E-state index in [-0.39, 0.29) is 26.1 Å². The Hall–Kier alpha value is -5.54. The molecule has 0 unspecified atom stereocenters. The van der Waals surface area contributed by atoms with E-state index in [1.807, 2.05) is 0 Å². The average molecular weight is 769 g/mol. The van der Waals surface area contributed by atoms with Crippen LogP contribution >= 0.6 is 0 Å². The zero-order chi connectivity index (χ0) is 40.8. The highest BCUT2D eigenvalue weighted by atomic mass is 16.6. The topological polar surface area (TPSA) is 212 Å². The number of imide groups is 2. The van der Waals surface area contributed by atoms with Crippen LogP contribution in [0.3, 0.4) is 0 Å².